The standard InChI is InChI=1S/C29H27BrN6O2/c30-23-10-8-20(9-11-23)5-4-13-32-26-18-34-28(21-6-2-1-3-7-21)36(29(26)38)19-27(37)33-17-24-15-22-16-31-14-12-25(22)35-24/h1-3,6-12,14-16,18,32,35H,4-5,13,17,19H2,(H,33,37). The van der Waals surface area contributed by atoms with Crippen molar-refractivity contribution in [2.24, 2.45) is 0 Å². The number of pyridine rings is 1. The molecular formula is C29H27BrN6O2. The van der Waals surface area contributed by atoms with Crippen molar-refractivity contribution in [2.75, 3.05) is 11.9 Å². The Balaban J connectivity index is 1.29. The highest BCUT2D eigenvalue weighted by Crippen LogP contribution is 2.17. The fourth-order valence-corrected chi connectivity index (χ4v) is 4.53. The minimum absolute atomic E-state index is 0.147. The molecule has 0 fully saturated rings. The third-order valence-electron chi connectivity index (χ3n) is 6.20. The van der Waals surface area contributed by atoms with Crippen LogP contribution in [0.15, 0.2) is 94.6 Å². The minimum Gasteiger partial charge on any atom is -0.379 e. The van der Waals surface area contributed by atoms with Crippen molar-refractivity contribution < 1.29 is 4.79 Å². The van der Waals surface area contributed by atoms with E-state index in [1.165, 1.54) is 10.1 Å². The number of carbonyl (C=O) groups excluding carboxylic acids is 1. The molecule has 5 aromatic rings. The molecule has 0 radical (unpaired) electrons. The van der Waals surface area contributed by atoms with Crippen molar-refractivity contribution in [3.63, 3.8) is 0 Å². The van der Waals surface area contributed by atoms with E-state index in [9.17, 15) is 9.59 Å². The van der Waals surface area contributed by atoms with Gasteiger partial charge in [-0.25, -0.2) is 4.98 Å². The van der Waals surface area contributed by atoms with Crippen LogP contribution in [0.2, 0.25) is 0 Å². The van der Waals surface area contributed by atoms with Gasteiger partial charge in [-0.15, -0.1) is 0 Å². The first-order valence-corrected chi connectivity index (χ1v) is 13.2. The number of aromatic nitrogens is 4. The molecule has 0 bridgehead atoms. The van der Waals surface area contributed by atoms with E-state index >= 15 is 0 Å². The lowest BCUT2D eigenvalue weighted by atomic mass is 10.1. The van der Waals surface area contributed by atoms with Crippen LogP contribution in [-0.2, 0) is 24.3 Å². The Morgan fingerprint density at radius 1 is 1.03 bits per heavy atom. The number of nitrogens with one attached hydrogen (secondary N) is 3. The first-order chi connectivity index (χ1) is 18.6. The zero-order valence-electron chi connectivity index (χ0n) is 20.7. The summed E-state index contributed by atoms with van der Waals surface area (Å²) >= 11 is 3.45. The van der Waals surface area contributed by atoms with Crippen molar-refractivity contribution in [1.82, 2.24) is 24.8 Å². The molecule has 38 heavy (non-hydrogen) atoms. The van der Waals surface area contributed by atoms with Gasteiger partial charge in [0, 0.05) is 45.6 Å². The van der Waals surface area contributed by atoms with Gasteiger partial charge in [-0.2, -0.15) is 0 Å². The number of aryl methyl sites for hydroxylation is 1. The van der Waals surface area contributed by atoms with Gasteiger partial charge in [-0.1, -0.05) is 58.4 Å². The van der Waals surface area contributed by atoms with Crippen LogP contribution in [0.4, 0.5) is 5.69 Å². The van der Waals surface area contributed by atoms with Crippen LogP contribution in [0.1, 0.15) is 17.7 Å². The summed E-state index contributed by atoms with van der Waals surface area (Å²) in [6.45, 7) is 0.774. The van der Waals surface area contributed by atoms with Crippen LogP contribution in [0.25, 0.3) is 22.3 Å². The fraction of sp³-hybridized carbons (Fsp3) is 0.172. The molecule has 0 unspecified atom stereocenters. The van der Waals surface area contributed by atoms with Crippen molar-refractivity contribution in [2.45, 2.75) is 25.9 Å². The predicted octanol–water partition coefficient (Wildman–Crippen LogP) is 4.91. The molecular weight excluding hydrogens is 544 g/mol. The number of hydrogen-bond donors (Lipinski definition) is 3. The van der Waals surface area contributed by atoms with Gasteiger partial charge < -0.3 is 15.6 Å². The van der Waals surface area contributed by atoms with E-state index in [-0.39, 0.29) is 18.0 Å². The van der Waals surface area contributed by atoms with Gasteiger partial charge in [-0.3, -0.25) is 19.1 Å². The summed E-state index contributed by atoms with van der Waals surface area (Å²) in [4.78, 5) is 38.3. The summed E-state index contributed by atoms with van der Waals surface area (Å²) in [6, 6.07) is 21.4. The third kappa shape index (κ3) is 6.18. The highest BCUT2D eigenvalue weighted by Gasteiger charge is 2.15. The van der Waals surface area contributed by atoms with Crippen molar-refractivity contribution >= 4 is 38.4 Å². The van der Waals surface area contributed by atoms with Crippen LogP contribution in [0.3, 0.4) is 0 Å². The fourth-order valence-electron chi connectivity index (χ4n) is 4.27. The number of H-pyrrole nitrogens is 1. The highest BCUT2D eigenvalue weighted by atomic mass is 79.9. The van der Waals surface area contributed by atoms with Crippen LogP contribution in [0, 0.1) is 0 Å². The second-order valence-corrected chi connectivity index (χ2v) is 9.86. The van der Waals surface area contributed by atoms with E-state index in [0.717, 1.165) is 39.5 Å². The molecule has 0 atom stereocenters. The van der Waals surface area contributed by atoms with E-state index in [1.807, 2.05) is 54.6 Å². The minimum atomic E-state index is -0.283. The number of carbonyl (C=O) groups is 1. The smallest absolute Gasteiger partial charge is 0.277 e. The molecule has 0 saturated carbocycles. The summed E-state index contributed by atoms with van der Waals surface area (Å²) in [5.41, 5.74) is 3.90. The second-order valence-electron chi connectivity index (χ2n) is 8.94. The Morgan fingerprint density at radius 2 is 1.84 bits per heavy atom. The lowest BCUT2D eigenvalue weighted by molar-refractivity contribution is -0.121. The molecule has 3 heterocycles. The Hall–Kier alpha value is -4.24. The highest BCUT2D eigenvalue weighted by molar-refractivity contribution is 9.10. The molecule has 2 aromatic carbocycles. The lowest BCUT2D eigenvalue weighted by Gasteiger charge is -2.15. The Bertz CT molecular complexity index is 1560. The maximum atomic E-state index is 13.5. The second kappa shape index (κ2) is 11.9. The molecule has 0 aliphatic heterocycles. The Kier molecular flexibility index (Phi) is 7.94. The number of aromatic amines is 1. The van der Waals surface area contributed by atoms with Gasteiger partial charge in [0.05, 0.1) is 12.7 Å². The normalized spacial score (nSPS) is 11.0. The molecule has 3 N–H and O–H groups in total. The van der Waals surface area contributed by atoms with Crippen LogP contribution in [0.5, 0.6) is 0 Å². The van der Waals surface area contributed by atoms with Gasteiger partial charge in [0.2, 0.25) is 5.91 Å². The first-order valence-electron chi connectivity index (χ1n) is 12.4. The topological polar surface area (TPSA) is 105 Å². The quantitative estimate of drug-likeness (QED) is 0.207. The number of nitrogens with zero attached hydrogens (tertiary/aromatic N) is 3. The molecule has 192 valence electrons. The molecule has 0 aliphatic rings. The van der Waals surface area contributed by atoms with Crippen LogP contribution in [-0.4, -0.2) is 32.0 Å². The number of hydrogen-bond acceptors (Lipinski definition) is 5. The largest absolute Gasteiger partial charge is 0.379 e. The summed E-state index contributed by atoms with van der Waals surface area (Å²) in [5.74, 6) is 0.165. The van der Waals surface area contributed by atoms with E-state index in [0.29, 0.717) is 24.6 Å². The zero-order valence-corrected chi connectivity index (χ0v) is 22.2. The molecule has 0 aliphatic carbocycles. The molecule has 1 amide bonds. The third-order valence-corrected chi connectivity index (χ3v) is 6.73. The summed E-state index contributed by atoms with van der Waals surface area (Å²) in [7, 11) is 0. The number of rotatable bonds is 10. The summed E-state index contributed by atoms with van der Waals surface area (Å²) in [5, 5.41) is 7.09. The van der Waals surface area contributed by atoms with E-state index in [1.54, 1.807) is 18.6 Å². The molecule has 9 heteroatoms. The number of anilines is 1. The Morgan fingerprint density at radius 3 is 2.63 bits per heavy atom. The predicted molar refractivity (Wildman–Crippen MR) is 153 cm³/mol. The van der Waals surface area contributed by atoms with E-state index in [2.05, 4.69) is 53.6 Å². The molecule has 0 spiro atoms. The zero-order chi connectivity index (χ0) is 26.3. The average molecular weight is 571 g/mol. The van der Waals surface area contributed by atoms with Crippen molar-refractivity contribution in [3.8, 4) is 11.4 Å². The van der Waals surface area contributed by atoms with Gasteiger partial charge in [-0.05, 0) is 42.7 Å². The summed E-state index contributed by atoms with van der Waals surface area (Å²) < 4.78 is 2.48. The number of halogens is 1. The van der Waals surface area contributed by atoms with Crippen LogP contribution >= 0.6 is 15.9 Å². The number of amides is 1. The van der Waals surface area contributed by atoms with Gasteiger partial charge in [0.1, 0.15) is 18.1 Å². The van der Waals surface area contributed by atoms with Crippen LogP contribution < -0.4 is 16.2 Å². The molecule has 3 aromatic heterocycles. The number of benzene rings is 2. The first kappa shape index (κ1) is 25.4. The molecule has 5 rings (SSSR count). The number of fused-ring (bicyclic) bond motifs is 1. The van der Waals surface area contributed by atoms with Gasteiger partial charge in [0.25, 0.3) is 5.56 Å². The monoisotopic (exact) mass is 570 g/mol. The van der Waals surface area contributed by atoms with Crippen molar-refractivity contribution in [3.05, 3.63) is 111 Å². The maximum Gasteiger partial charge on any atom is 0.277 e. The Labute approximate surface area is 228 Å². The average Bonchev–Trinajstić information content (AvgIpc) is 3.36. The summed E-state index contributed by atoms with van der Waals surface area (Å²) in [6.07, 6.45) is 6.77. The molecule has 8 nitrogen and oxygen atoms in total. The SMILES string of the molecule is O=C(Cn1c(-c2ccccc2)ncc(NCCCc2ccc(Br)cc2)c1=O)NCc1cc2cnccc2[nH]1. The maximum absolute atomic E-state index is 13.5. The van der Waals surface area contributed by atoms with E-state index < -0.39 is 0 Å². The van der Waals surface area contributed by atoms with Gasteiger partial charge in [0.15, 0.2) is 0 Å². The van der Waals surface area contributed by atoms with Gasteiger partial charge >= 0.3 is 0 Å². The van der Waals surface area contributed by atoms with E-state index in [4.69, 9.17) is 0 Å². The molecule has 0 saturated heterocycles. The van der Waals surface area contributed by atoms with Crippen molar-refractivity contribution in [1.29, 1.82) is 0 Å². The lowest BCUT2D eigenvalue weighted by Crippen LogP contribution is -2.34.